The highest BCUT2D eigenvalue weighted by Gasteiger charge is 2.52. The van der Waals surface area contributed by atoms with Gasteiger partial charge < -0.3 is 18.9 Å². The number of nitriles is 1. The molecule has 0 saturated carbocycles. The summed E-state index contributed by atoms with van der Waals surface area (Å²) in [6, 6.07) is 17.9. The Hall–Kier alpha value is -3.37. The van der Waals surface area contributed by atoms with E-state index in [1.807, 2.05) is 30.3 Å². The van der Waals surface area contributed by atoms with Crippen LogP contribution in [0, 0.1) is 24.1 Å². The quantitative estimate of drug-likeness (QED) is 0.286. The van der Waals surface area contributed by atoms with Gasteiger partial charge >= 0.3 is 0 Å². The van der Waals surface area contributed by atoms with Crippen molar-refractivity contribution in [3.05, 3.63) is 94.7 Å². The first-order chi connectivity index (χ1) is 19.9. The van der Waals surface area contributed by atoms with Gasteiger partial charge in [-0.2, -0.15) is 5.26 Å². The standard InChI is InChI=1S/C29H25ClFN5O4S/c1-16-8-9-18(10-20(16)31)22-14-36(35-34-22)25-26-23(15-38-28(40-26)17-6-4-3-5-7-17)39-29(27(25)37-2)41-24-11-19(30)13-33-21(24)12-32/h3-11,13-14,23,25-29H,15H2,1-2H3. The summed E-state index contributed by atoms with van der Waals surface area (Å²) in [4.78, 5) is 4.70. The van der Waals surface area contributed by atoms with Gasteiger partial charge in [-0.15, -0.1) is 5.10 Å². The van der Waals surface area contributed by atoms with E-state index in [0.29, 0.717) is 26.7 Å². The van der Waals surface area contributed by atoms with Crippen molar-refractivity contribution in [2.75, 3.05) is 13.7 Å². The smallest absolute Gasteiger partial charge is 0.184 e. The van der Waals surface area contributed by atoms with E-state index in [1.165, 1.54) is 24.0 Å². The number of rotatable bonds is 6. The summed E-state index contributed by atoms with van der Waals surface area (Å²) in [5.74, 6) is -0.323. The molecule has 6 atom stereocenters. The molecule has 2 aliphatic heterocycles. The molecule has 0 amide bonds. The Labute approximate surface area is 245 Å². The number of ether oxygens (including phenoxy) is 4. The third-order valence-electron chi connectivity index (χ3n) is 7.11. The highest BCUT2D eigenvalue weighted by atomic mass is 35.5. The summed E-state index contributed by atoms with van der Waals surface area (Å²) in [6.07, 6.45) is 0.921. The normalized spacial score (nSPS) is 25.8. The second-order valence-electron chi connectivity index (χ2n) is 9.69. The van der Waals surface area contributed by atoms with Crippen LogP contribution in [0.1, 0.15) is 29.2 Å². The molecule has 6 unspecified atom stereocenters. The van der Waals surface area contributed by atoms with Crippen LogP contribution < -0.4 is 0 Å². The molecule has 4 aromatic rings. The molecule has 2 aromatic heterocycles. The first-order valence-electron chi connectivity index (χ1n) is 12.9. The van der Waals surface area contributed by atoms with E-state index in [4.69, 9.17) is 30.5 Å². The van der Waals surface area contributed by atoms with Gasteiger partial charge in [-0.3, -0.25) is 0 Å². The van der Waals surface area contributed by atoms with Crippen LogP contribution in [0.4, 0.5) is 4.39 Å². The largest absolute Gasteiger partial charge is 0.375 e. The lowest BCUT2D eigenvalue weighted by Crippen LogP contribution is -2.59. The maximum atomic E-state index is 14.4. The lowest BCUT2D eigenvalue weighted by atomic mass is 9.95. The minimum atomic E-state index is -0.623. The number of pyridine rings is 1. The second-order valence-corrected chi connectivity index (χ2v) is 11.3. The summed E-state index contributed by atoms with van der Waals surface area (Å²) < 4.78 is 41.2. The van der Waals surface area contributed by atoms with Gasteiger partial charge in [0.05, 0.1) is 17.8 Å². The summed E-state index contributed by atoms with van der Waals surface area (Å²) >= 11 is 7.49. The van der Waals surface area contributed by atoms with E-state index in [2.05, 4.69) is 21.4 Å². The summed E-state index contributed by atoms with van der Waals surface area (Å²) in [6.45, 7) is 1.95. The molecule has 0 N–H and O–H groups in total. The van der Waals surface area contributed by atoms with Gasteiger partial charge in [0.25, 0.3) is 0 Å². The Kier molecular flexibility index (Phi) is 8.03. The number of nitrogens with zero attached hydrogens (tertiary/aromatic N) is 5. The summed E-state index contributed by atoms with van der Waals surface area (Å²) in [5.41, 5.74) is 2.13. The number of halogens is 2. The van der Waals surface area contributed by atoms with Gasteiger partial charge in [0.15, 0.2) is 12.0 Å². The van der Waals surface area contributed by atoms with Crippen LogP contribution in [-0.2, 0) is 18.9 Å². The number of aromatic nitrogens is 4. The number of benzene rings is 2. The van der Waals surface area contributed by atoms with Crippen molar-refractivity contribution in [2.24, 2.45) is 0 Å². The first kappa shape index (κ1) is 27.8. The summed E-state index contributed by atoms with van der Waals surface area (Å²) in [7, 11) is 1.58. The Bertz CT molecular complexity index is 1590. The molecule has 2 saturated heterocycles. The van der Waals surface area contributed by atoms with Crippen LogP contribution in [0.5, 0.6) is 0 Å². The third-order valence-corrected chi connectivity index (χ3v) is 8.49. The minimum absolute atomic E-state index is 0.223. The number of fused-ring (bicyclic) bond motifs is 1. The van der Waals surface area contributed by atoms with Gasteiger partial charge in [0, 0.05) is 29.3 Å². The number of methoxy groups -OCH3 is 1. The second kappa shape index (κ2) is 11.9. The summed E-state index contributed by atoms with van der Waals surface area (Å²) in [5, 5.41) is 18.8. The molecule has 2 fully saturated rings. The zero-order valence-corrected chi connectivity index (χ0v) is 23.6. The van der Waals surface area contributed by atoms with E-state index in [0.717, 1.165) is 5.56 Å². The average molecular weight is 594 g/mol. The van der Waals surface area contributed by atoms with Crippen molar-refractivity contribution in [3.63, 3.8) is 0 Å². The molecule has 0 aliphatic carbocycles. The highest BCUT2D eigenvalue weighted by Crippen LogP contribution is 2.45. The van der Waals surface area contributed by atoms with E-state index >= 15 is 0 Å². The molecule has 9 nitrogen and oxygen atoms in total. The zero-order valence-electron chi connectivity index (χ0n) is 22.1. The van der Waals surface area contributed by atoms with Crippen molar-refractivity contribution in [2.45, 2.75) is 47.9 Å². The molecule has 12 heteroatoms. The van der Waals surface area contributed by atoms with E-state index in [1.54, 1.807) is 43.1 Å². The third kappa shape index (κ3) is 5.59. The van der Waals surface area contributed by atoms with Gasteiger partial charge in [-0.25, -0.2) is 14.1 Å². The lowest BCUT2D eigenvalue weighted by molar-refractivity contribution is -0.308. The van der Waals surface area contributed by atoms with E-state index < -0.39 is 36.1 Å². The van der Waals surface area contributed by atoms with Gasteiger partial charge in [-0.1, -0.05) is 71.0 Å². The molecule has 41 heavy (non-hydrogen) atoms. The molecule has 2 aliphatic rings. The Morgan fingerprint density at radius 2 is 2.00 bits per heavy atom. The predicted octanol–water partition coefficient (Wildman–Crippen LogP) is 5.50. The van der Waals surface area contributed by atoms with Crippen molar-refractivity contribution >= 4 is 23.4 Å². The SMILES string of the molecule is COC1C(Sc2cc(Cl)cnc2C#N)OC2COC(c3ccccc3)OC2C1n1cc(-c2ccc(C)c(F)c2)nn1. The molecule has 0 spiro atoms. The topological polar surface area (TPSA) is 104 Å². The molecule has 0 radical (unpaired) electrons. The van der Waals surface area contributed by atoms with Crippen molar-refractivity contribution in [3.8, 4) is 17.3 Å². The van der Waals surface area contributed by atoms with Gasteiger partial charge in [-0.05, 0) is 24.6 Å². The number of aryl methyl sites for hydroxylation is 1. The van der Waals surface area contributed by atoms with Gasteiger partial charge in [0.1, 0.15) is 47.4 Å². The monoisotopic (exact) mass is 593 g/mol. The van der Waals surface area contributed by atoms with E-state index in [-0.39, 0.29) is 18.1 Å². The van der Waals surface area contributed by atoms with Crippen LogP contribution in [0.3, 0.4) is 0 Å². The van der Waals surface area contributed by atoms with Crippen molar-refractivity contribution in [1.82, 2.24) is 20.0 Å². The molecule has 210 valence electrons. The molecule has 2 aromatic carbocycles. The Morgan fingerprint density at radius 3 is 2.76 bits per heavy atom. The molecule has 4 heterocycles. The molecular weight excluding hydrogens is 569 g/mol. The van der Waals surface area contributed by atoms with Crippen LogP contribution in [0.25, 0.3) is 11.3 Å². The number of hydrogen-bond acceptors (Lipinski definition) is 9. The van der Waals surface area contributed by atoms with Crippen LogP contribution in [-0.4, -0.2) is 57.4 Å². The van der Waals surface area contributed by atoms with Crippen LogP contribution in [0.15, 0.2) is 71.9 Å². The van der Waals surface area contributed by atoms with Crippen LogP contribution in [0.2, 0.25) is 5.02 Å². The van der Waals surface area contributed by atoms with E-state index in [9.17, 15) is 9.65 Å². The highest BCUT2D eigenvalue weighted by molar-refractivity contribution is 7.99. The Morgan fingerprint density at radius 1 is 1.17 bits per heavy atom. The van der Waals surface area contributed by atoms with Crippen LogP contribution >= 0.6 is 23.4 Å². The van der Waals surface area contributed by atoms with Gasteiger partial charge in [0.2, 0.25) is 0 Å². The minimum Gasteiger partial charge on any atom is -0.375 e. The predicted molar refractivity (Wildman–Crippen MR) is 148 cm³/mol. The number of hydrogen-bond donors (Lipinski definition) is 0. The maximum absolute atomic E-state index is 14.4. The number of thioether (sulfide) groups is 1. The Balaban J connectivity index is 1.38. The molecule has 6 rings (SSSR count). The fourth-order valence-corrected chi connectivity index (χ4v) is 6.50. The zero-order chi connectivity index (χ0) is 28.5. The average Bonchev–Trinajstić information content (AvgIpc) is 3.48. The van der Waals surface area contributed by atoms with Crippen molar-refractivity contribution < 1.29 is 23.3 Å². The fraction of sp³-hybridized carbons (Fsp3) is 0.310. The fourth-order valence-electron chi connectivity index (χ4n) is 5.02. The first-order valence-corrected chi connectivity index (χ1v) is 14.1. The van der Waals surface area contributed by atoms with Crippen molar-refractivity contribution in [1.29, 1.82) is 5.26 Å². The molecule has 0 bridgehead atoms. The molecular formula is C29H25ClFN5O4S. The lowest BCUT2D eigenvalue weighted by Gasteiger charge is -2.48. The maximum Gasteiger partial charge on any atom is 0.184 e.